The van der Waals surface area contributed by atoms with Crippen LogP contribution in [0.15, 0.2) is 41.3 Å². The summed E-state index contributed by atoms with van der Waals surface area (Å²) in [5, 5.41) is 2.49. The molecule has 1 N–H and O–H groups in total. The topological polar surface area (TPSA) is 66.5 Å². The SMILES string of the molecule is O=C(Nc1ccc(F)c(Cl)c1)C1CCN(S(=O)(=O)c2cc(F)ccc2Cl)CC1. The summed E-state index contributed by atoms with van der Waals surface area (Å²) in [6, 6.07) is 7.01. The lowest BCUT2D eigenvalue weighted by Crippen LogP contribution is -2.41. The standard InChI is InChI=1S/C18H16Cl2F2N2O3S/c19-14-3-1-12(21)9-17(14)28(26,27)24-7-5-11(6-8-24)18(25)23-13-2-4-16(22)15(20)10-13/h1-4,9-11H,5-8H2,(H,23,25). The molecule has 0 radical (unpaired) electrons. The Labute approximate surface area is 171 Å². The number of nitrogens with zero attached hydrogens (tertiary/aromatic N) is 1. The van der Waals surface area contributed by atoms with Gasteiger partial charge in [0.15, 0.2) is 0 Å². The summed E-state index contributed by atoms with van der Waals surface area (Å²) < 4.78 is 53.3. The molecule has 0 saturated carbocycles. The summed E-state index contributed by atoms with van der Waals surface area (Å²) in [6.07, 6.45) is 0.569. The Kier molecular flexibility index (Phi) is 6.24. The number of amides is 1. The minimum atomic E-state index is -3.96. The Hall–Kier alpha value is -1.74. The van der Waals surface area contributed by atoms with Crippen LogP contribution < -0.4 is 5.32 Å². The third kappa shape index (κ3) is 4.46. The maximum absolute atomic E-state index is 13.4. The van der Waals surface area contributed by atoms with Crippen molar-refractivity contribution in [3.8, 4) is 0 Å². The normalized spacial score (nSPS) is 16.1. The van der Waals surface area contributed by atoms with Crippen LogP contribution in [-0.2, 0) is 14.8 Å². The van der Waals surface area contributed by atoms with Gasteiger partial charge in [0, 0.05) is 24.7 Å². The Morgan fingerprint density at radius 1 is 1.04 bits per heavy atom. The Balaban J connectivity index is 1.65. The highest BCUT2D eigenvalue weighted by Crippen LogP contribution is 2.29. The van der Waals surface area contributed by atoms with E-state index in [0.29, 0.717) is 5.69 Å². The quantitative estimate of drug-likeness (QED) is 0.757. The van der Waals surface area contributed by atoms with Crippen LogP contribution in [0.25, 0.3) is 0 Å². The zero-order valence-corrected chi connectivity index (χ0v) is 16.8. The number of hydrogen-bond donors (Lipinski definition) is 1. The first kappa shape index (κ1) is 21.0. The van der Waals surface area contributed by atoms with Crippen molar-refractivity contribution in [2.24, 2.45) is 5.92 Å². The average molecular weight is 449 g/mol. The van der Waals surface area contributed by atoms with Crippen LogP contribution >= 0.6 is 23.2 Å². The highest BCUT2D eigenvalue weighted by molar-refractivity contribution is 7.89. The molecule has 0 spiro atoms. The molecule has 0 aliphatic carbocycles. The van der Waals surface area contributed by atoms with Crippen LogP contribution in [0.2, 0.25) is 10.0 Å². The molecule has 0 atom stereocenters. The third-order valence-electron chi connectivity index (χ3n) is 4.52. The van der Waals surface area contributed by atoms with Crippen LogP contribution in [0.4, 0.5) is 14.5 Å². The fraction of sp³-hybridized carbons (Fsp3) is 0.278. The number of carbonyl (C=O) groups excluding carboxylic acids is 1. The zero-order chi connectivity index (χ0) is 20.5. The summed E-state index contributed by atoms with van der Waals surface area (Å²) in [6.45, 7) is 0.189. The van der Waals surface area contributed by atoms with E-state index in [9.17, 15) is 22.0 Å². The van der Waals surface area contributed by atoms with Crippen molar-refractivity contribution in [2.75, 3.05) is 18.4 Å². The number of carbonyl (C=O) groups is 1. The highest BCUT2D eigenvalue weighted by atomic mass is 35.5. The van der Waals surface area contributed by atoms with Crippen LogP contribution in [0, 0.1) is 17.6 Å². The van der Waals surface area contributed by atoms with Crippen LogP contribution in [0.1, 0.15) is 12.8 Å². The molecule has 1 aliphatic rings. The number of halogens is 4. The molecule has 1 fully saturated rings. The van der Waals surface area contributed by atoms with Gasteiger partial charge < -0.3 is 5.32 Å². The number of rotatable bonds is 4. The molecule has 28 heavy (non-hydrogen) atoms. The van der Waals surface area contributed by atoms with E-state index in [2.05, 4.69) is 5.32 Å². The lowest BCUT2D eigenvalue weighted by molar-refractivity contribution is -0.120. The largest absolute Gasteiger partial charge is 0.326 e. The lowest BCUT2D eigenvalue weighted by atomic mass is 9.97. The van der Waals surface area contributed by atoms with Gasteiger partial charge in [-0.15, -0.1) is 0 Å². The maximum Gasteiger partial charge on any atom is 0.244 e. The second-order valence-electron chi connectivity index (χ2n) is 6.37. The fourth-order valence-electron chi connectivity index (χ4n) is 2.99. The molecule has 1 heterocycles. The van der Waals surface area contributed by atoms with Gasteiger partial charge in [-0.3, -0.25) is 4.79 Å². The van der Waals surface area contributed by atoms with E-state index >= 15 is 0 Å². The molecule has 1 saturated heterocycles. The molecule has 2 aromatic carbocycles. The van der Waals surface area contributed by atoms with E-state index in [1.165, 1.54) is 22.5 Å². The van der Waals surface area contributed by atoms with Crippen molar-refractivity contribution in [3.63, 3.8) is 0 Å². The lowest BCUT2D eigenvalue weighted by Gasteiger charge is -2.30. The number of anilines is 1. The number of sulfonamides is 1. The second-order valence-corrected chi connectivity index (χ2v) is 9.09. The summed E-state index contributed by atoms with van der Waals surface area (Å²) in [5.41, 5.74) is 0.359. The van der Waals surface area contributed by atoms with Crippen molar-refractivity contribution in [2.45, 2.75) is 17.7 Å². The van der Waals surface area contributed by atoms with Crippen molar-refractivity contribution in [1.29, 1.82) is 0 Å². The summed E-state index contributed by atoms with van der Waals surface area (Å²) in [5.74, 6) is -2.01. The van der Waals surface area contributed by atoms with Gasteiger partial charge in [0.1, 0.15) is 16.5 Å². The van der Waals surface area contributed by atoms with Gasteiger partial charge in [0.25, 0.3) is 0 Å². The van der Waals surface area contributed by atoms with Gasteiger partial charge in [-0.2, -0.15) is 4.31 Å². The Morgan fingerprint density at radius 2 is 1.71 bits per heavy atom. The van der Waals surface area contributed by atoms with Gasteiger partial charge in [-0.1, -0.05) is 23.2 Å². The van der Waals surface area contributed by atoms with Gasteiger partial charge in [-0.25, -0.2) is 17.2 Å². The molecule has 0 unspecified atom stereocenters. The minimum absolute atomic E-state index is 0.0607. The summed E-state index contributed by atoms with van der Waals surface area (Å²) in [4.78, 5) is 12.1. The van der Waals surface area contributed by atoms with E-state index in [-0.39, 0.29) is 46.8 Å². The predicted octanol–water partition coefficient (Wildman–Crippen LogP) is 4.31. The minimum Gasteiger partial charge on any atom is -0.326 e. The molecule has 2 aromatic rings. The molecule has 5 nitrogen and oxygen atoms in total. The van der Waals surface area contributed by atoms with Gasteiger partial charge in [-0.05, 0) is 49.2 Å². The van der Waals surface area contributed by atoms with Gasteiger partial charge in [0.05, 0.1) is 10.0 Å². The smallest absolute Gasteiger partial charge is 0.244 e. The number of nitrogens with one attached hydrogen (secondary N) is 1. The average Bonchev–Trinajstić information content (AvgIpc) is 2.66. The number of piperidine rings is 1. The van der Waals surface area contributed by atoms with E-state index in [1.54, 1.807) is 0 Å². The monoisotopic (exact) mass is 448 g/mol. The highest BCUT2D eigenvalue weighted by Gasteiger charge is 2.33. The first-order valence-electron chi connectivity index (χ1n) is 8.39. The fourth-order valence-corrected chi connectivity index (χ4v) is 5.13. The summed E-state index contributed by atoms with van der Waals surface area (Å²) in [7, 11) is -3.96. The van der Waals surface area contributed by atoms with Crippen LogP contribution in [0.3, 0.4) is 0 Å². The van der Waals surface area contributed by atoms with E-state index < -0.39 is 27.6 Å². The van der Waals surface area contributed by atoms with Gasteiger partial charge in [0.2, 0.25) is 15.9 Å². The molecule has 1 amide bonds. The van der Waals surface area contributed by atoms with Crippen molar-refractivity contribution in [1.82, 2.24) is 4.31 Å². The Morgan fingerprint density at radius 3 is 2.36 bits per heavy atom. The first-order valence-corrected chi connectivity index (χ1v) is 10.6. The molecule has 3 rings (SSSR count). The van der Waals surface area contributed by atoms with E-state index in [1.807, 2.05) is 0 Å². The molecule has 150 valence electrons. The van der Waals surface area contributed by atoms with Gasteiger partial charge >= 0.3 is 0 Å². The summed E-state index contributed by atoms with van der Waals surface area (Å²) >= 11 is 11.6. The Bertz CT molecular complexity index is 1010. The van der Waals surface area contributed by atoms with Crippen LogP contribution in [-0.4, -0.2) is 31.7 Å². The van der Waals surface area contributed by atoms with Crippen molar-refractivity contribution in [3.05, 3.63) is 58.1 Å². The number of hydrogen-bond acceptors (Lipinski definition) is 3. The van der Waals surface area contributed by atoms with E-state index in [4.69, 9.17) is 23.2 Å². The first-order chi connectivity index (χ1) is 13.2. The van der Waals surface area contributed by atoms with E-state index in [0.717, 1.165) is 18.2 Å². The van der Waals surface area contributed by atoms with Crippen LogP contribution in [0.5, 0.6) is 0 Å². The molecular weight excluding hydrogens is 433 g/mol. The number of benzene rings is 2. The third-order valence-corrected chi connectivity index (χ3v) is 7.19. The second kappa shape index (κ2) is 8.32. The molecule has 1 aliphatic heterocycles. The van der Waals surface area contributed by atoms with Crippen molar-refractivity contribution < 1.29 is 22.0 Å². The molecule has 0 aromatic heterocycles. The molecule has 0 bridgehead atoms. The zero-order valence-electron chi connectivity index (χ0n) is 14.5. The predicted molar refractivity (Wildman–Crippen MR) is 103 cm³/mol. The molecule has 10 heteroatoms. The van der Waals surface area contributed by atoms with Crippen molar-refractivity contribution >= 4 is 44.8 Å². The maximum atomic E-state index is 13.4. The molecular formula is C18H16Cl2F2N2O3S.